The van der Waals surface area contributed by atoms with Gasteiger partial charge in [-0.05, 0) is 31.1 Å². The van der Waals surface area contributed by atoms with E-state index in [2.05, 4.69) is 28.6 Å². The first kappa shape index (κ1) is 13.4. The van der Waals surface area contributed by atoms with Gasteiger partial charge in [0.15, 0.2) is 5.16 Å². The lowest BCUT2D eigenvalue weighted by Gasteiger charge is -2.33. The standard InChI is InChI=1S/C12H19N3O2S/c1-8-3-4-10(9(2)5-8)15-7-13-14-12(15)18-6-11(16)17/h7-10H,3-6H2,1-2H3,(H,16,17). The van der Waals surface area contributed by atoms with Gasteiger partial charge in [0, 0.05) is 6.04 Å². The highest BCUT2D eigenvalue weighted by atomic mass is 32.2. The van der Waals surface area contributed by atoms with Crippen molar-refractivity contribution in [2.45, 2.75) is 44.3 Å². The number of hydrogen-bond donors (Lipinski definition) is 1. The Balaban J connectivity index is 2.08. The third-order valence-electron chi connectivity index (χ3n) is 3.61. The molecule has 3 unspecified atom stereocenters. The van der Waals surface area contributed by atoms with Crippen LogP contribution in [0.5, 0.6) is 0 Å². The van der Waals surface area contributed by atoms with Gasteiger partial charge in [-0.1, -0.05) is 25.6 Å². The van der Waals surface area contributed by atoms with Crippen molar-refractivity contribution in [2.24, 2.45) is 11.8 Å². The van der Waals surface area contributed by atoms with Crippen molar-refractivity contribution in [1.29, 1.82) is 0 Å². The molecule has 1 aromatic heterocycles. The van der Waals surface area contributed by atoms with Gasteiger partial charge < -0.3 is 9.67 Å². The monoisotopic (exact) mass is 269 g/mol. The van der Waals surface area contributed by atoms with Gasteiger partial charge in [-0.15, -0.1) is 10.2 Å². The molecule has 0 aliphatic heterocycles. The fraction of sp³-hybridized carbons (Fsp3) is 0.750. The van der Waals surface area contributed by atoms with Crippen molar-refractivity contribution in [3.05, 3.63) is 6.33 Å². The number of rotatable bonds is 4. The Morgan fingerprint density at radius 2 is 2.33 bits per heavy atom. The Labute approximate surface area is 111 Å². The molecule has 0 radical (unpaired) electrons. The molecule has 1 aliphatic carbocycles. The van der Waals surface area contributed by atoms with Crippen molar-refractivity contribution in [3.8, 4) is 0 Å². The fourth-order valence-electron chi connectivity index (χ4n) is 2.75. The van der Waals surface area contributed by atoms with Crippen molar-refractivity contribution in [1.82, 2.24) is 14.8 Å². The number of nitrogens with zero attached hydrogens (tertiary/aromatic N) is 3. The van der Waals surface area contributed by atoms with Crippen molar-refractivity contribution < 1.29 is 9.90 Å². The average Bonchev–Trinajstić information content (AvgIpc) is 2.74. The molecule has 18 heavy (non-hydrogen) atoms. The van der Waals surface area contributed by atoms with Crippen LogP contribution in [0.25, 0.3) is 0 Å². The zero-order valence-electron chi connectivity index (χ0n) is 10.7. The lowest BCUT2D eigenvalue weighted by molar-refractivity contribution is -0.133. The van der Waals surface area contributed by atoms with Gasteiger partial charge in [-0.3, -0.25) is 4.79 Å². The van der Waals surface area contributed by atoms with Gasteiger partial charge in [0.1, 0.15) is 6.33 Å². The predicted molar refractivity (Wildman–Crippen MR) is 69.6 cm³/mol. The molecule has 1 aliphatic rings. The van der Waals surface area contributed by atoms with E-state index in [1.165, 1.54) is 24.6 Å². The van der Waals surface area contributed by atoms with Crippen LogP contribution in [0.1, 0.15) is 39.2 Å². The third kappa shape index (κ3) is 3.04. The molecule has 1 heterocycles. The number of carboxylic acid groups (broad SMARTS) is 1. The van der Waals surface area contributed by atoms with E-state index in [0.717, 1.165) is 17.5 Å². The number of hydrogen-bond acceptors (Lipinski definition) is 4. The molecule has 1 aromatic rings. The molecular weight excluding hydrogens is 250 g/mol. The second-order valence-electron chi connectivity index (χ2n) is 5.17. The molecule has 1 N–H and O–H groups in total. The zero-order chi connectivity index (χ0) is 13.1. The van der Waals surface area contributed by atoms with E-state index in [1.54, 1.807) is 6.33 Å². The van der Waals surface area contributed by atoms with Crippen LogP contribution >= 0.6 is 11.8 Å². The highest BCUT2D eigenvalue weighted by Gasteiger charge is 2.28. The third-order valence-corrected chi connectivity index (χ3v) is 4.55. The summed E-state index contributed by atoms with van der Waals surface area (Å²) in [5, 5.41) is 17.4. The summed E-state index contributed by atoms with van der Waals surface area (Å²) < 4.78 is 2.06. The van der Waals surface area contributed by atoms with Crippen LogP contribution in [0, 0.1) is 11.8 Å². The van der Waals surface area contributed by atoms with Gasteiger partial charge in [-0.25, -0.2) is 0 Å². The van der Waals surface area contributed by atoms with Crippen LogP contribution < -0.4 is 0 Å². The fourth-order valence-corrected chi connectivity index (χ4v) is 3.44. The summed E-state index contributed by atoms with van der Waals surface area (Å²) in [4.78, 5) is 10.6. The molecule has 1 fully saturated rings. The maximum Gasteiger partial charge on any atom is 0.313 e. The predicted octanol–water partition coefficient (Wildman–Crippen LogP) is 2.45. The second-order valence-corrected chi connectivity index (χ2v) is 6.11. The van der Waals surface area contributed by atoms with Crippen LogP contribution in [0.4, 0.5) is 0 Å². The summed E-state index contributed by atoms with van der Waals surface area (Å²) in [6, 6.07) is 0.410. The van der Waals surface area contributed by atoms with E-state index in [0.29, 0.717) is 12.0 Å². The van der Waals surface area contributed by atoms with E-state index in [-0.39, 0.29) is 5.75 Å². The minimum absolute atomic E-state index is 0.0379. The maximum absolute atomic E-state index is 10.6. The SMILES string of the molecule is CC1CCC(n2cnnc2SCC(=O)O)C(C)C1. The largest absolute Gasteiger partial charge is 0.481 e. The van der Waals surface area contributed by atoms with Gasteiger partial charge in [0.2, 0.25) is 0 Å². The van der Waals surface area contributed by atoms with Crippen LogP contribution in [0.3, 0.4) is 0 Å². The first-order chi connectivity index (χ1) is 8.58. The lowest BCUT2D eigenvalue weighted by Crippen LogP contribution is -2.25. The molecular formula is C12H19N3O2S. The summed E-state index contributed by atoms with van der Waals surface area (Å²) in [5.41, 5.74) is 0. The molecule has 0 bridgehead atoms. The van der Waals surface area contributed by atoms with E-state index in [9.17, 15) is 4.79 Å². The number of carboxylic acids is 1. The number of aliphatic carboxylic acids is 1. The zero-order valence-corrected chi connectivity index (χ0v) is 11.6. The van der Waals surface area contributed by atoms with E-state index in [4.69, 9.17) is 5.11 Å². The topological polar surface area (TPSA) is 68.0 Å². The van der Waals surface area contributed by atoms with Gasteiger partial charge in [-0.2, -0.15) is 0 Å². The minimum Gasteiger partial charge on any atom is -0.481 e. The Hall–Kier alpha value is -1.04. The highest BCUT2D eigenvalue weighted by molar-refractivity contribution is 7.99. The summed E-state index contributed by atoms with van der Waals surface area (Å²) in [6.07, 6.45) is 5.30. The molecule has 0 spiro atoms. The smallest absolute Gasteiger partial charge is 0.313 e. The first-order valence-electron chi connectivity index (χ1n) is 6.32. The molecule has 3 atom stereocenters. The summed E-state index contributed by atoms with van der Waals surface area (Å²) in [6.45, 7) is 4.55. The summed E-state index contributed by atoms with van der Waals surface area (Å²) >= 11 is 1.25. The van der Waals surface area contributed by atoms with Crippen LogP contribution in [-0.2, 0) is 4.79 Å². The maximum atomic E-state index is 10.6. The van der Waals surface area contributed by atoms with Crippen molar-refractivity contribution in [2.75, 3.05) is 5.75 Å². The van der Waals surface area contributed by atoms with Crippen molar-refractivity contribution in [3.63, 3.8) is 0 Å². The minimum atomic E-state index is -0.820. The number of thioether (sulfide) groups is 1. The molecule has 5 nitrogen and oxygen atoms in total. The normalized spacial score (nSPS) is 28.2. The van der Waals surface area contributed by atoms with Crippen LogP contribution in [-0.4, -0.2) is 31.6 Å². The molecule has 6 heteroatoms. The lowest BCUT2D eigenvalue weighted by atomic mass is 9.80. The average molecular weight is 269 g/mol. The second kappa shape index (κ2) is 5.73. The van der Waals surface area contributed by atoms with E-state index in [1.807, 2.05) is 0 Å². The molecule has 0 aromatic carbocycles. The molecule has 2 rings (SSSR count). The quantitative estimate of drug-likeness (QED) is 0.850. The Morgan fingerprint density at radius 1 is 1.56 bits per heavy atom. The molecule has 1 saturated carbocycles. The Morgan fingerprint density at radius 3 is 3.00 bits per heavy atom. The Bertz CT molecular complexity index is 421. The van der Waals surface area contributed by atoms with Gasteiger partial charge in [0.25, 0.3) is 0 Å². The van der Waals surface area contributed by atoms with Crippen molar-refractivity contribution >= 4 is 17.7 Å². The van der Waals surface area contributed by atoms with Crippen LogP contribution in [0.2, 0.25) is 0 Å². The van der Waals surface area contributed by atoms with Gasteiger partial charge >= 0.3 is 5.97 Å². The molecule has 0 amide bonds. The Kier molecular flexibility index (Phi) is 4.27. The van der Waals surface area contributed by atoms with Gasteiger partial charge in [0.05, 0.1) is 5.75 Å². The van der Waals surface area contributed by atoms with E-state index < -0.39 is 5.97 Å². The summed E-state index contributed by atoms with van der Waals surface area (Å²) in [7, 11) is 0. The number of aromatic nitrogens is 3. The van der Waals surface area contributed by atoms with Crippen LogP contribution in [0.15, 0.2) is 11.5 Å². The van der Waals surface area contributed by atoms with E-state index >= 15 is 0 Å². The molecule has 100 valence electrons. The highest BCUT2D eigenvalue weighted by Crippen LogP contribution is 2.38. The number of carbonyl (C=O) groups is 1. The summed E-state index contributed by atoms with van der Waals surface area (Å²) in [5.74, 6) is 0.590. The molecule has 0 saturated heterocycles. The first-order valence-corrected chi connectivity index (χ1v) is 7.30.